The van der Waals surface area contributed by atoms with Gasteiger partial charge in [0, 0.05) is 13.1 Å². The molecule has 0 bridgehead atoms. The molecule has 1 heterocycles. The number of benzene rings is 1. The first kappa shape index (κ1) is 17.3. The van der Waals surface area contributed by atoms with E-state index < -0.39 is 12.7 Å². The molecule has 2 nitrogen and oxygen atoms in total. The fourth-order valence-corrected chi connectivity index (χ4v) is 2.92. The lowest BCUT2D eigenvalue weighted by molar-refractivity contribution is -0.143. The van der Waals surface area contributed by atoms with Crippen LogP contribution in [0.1, 0.15) is 37.3 Å². The third-order valence-corrected chi connectivity index (χ3v) is 4.18. The average Bonchev–Trinajstić information content (AvgIpc) is 2.84. The van der Waals surface area contributed by atoms with Gasteiger partial charge in [-0.3, -0.25) is 4.90 Å². The smallest absolute Gasteiger partial charge is 0.312 e. The largest absolute Gasteiger partial charge is 0.401 e. The molecule has 1 aromatic carbocycles. The van der Waals surface area contributed by atoms with Gasteiger partial charge in [0.05, 0.1) is 6.54 Å². The maximum absolute atomic E-state index is 12.3. The molecular formula is C17H25F3N2. The van der Waals surface area contributed by atoms with Crippen molar-refractivity contribution in [1.82, 2.24) is 10.2 Å². The summed E-state index contributed by atoms with van der Waals surface area (Å²) in [6, 6.07) is 8.52. The van der Waals surface area contributed by atoms with E-state index >= 15 is 0 Å². The van der Waals surface area contributed by atoms with Crippen LogP contribution in [0.3, 0.4) is 0 Å². The van der Waals surface area contributed by atoms with Gasteiger partial charge in [0.15, 0.2) is 0 Å². The topological polar surface area (TPSA) is 15.3 Å². The predicted molar refractivity (Wildman–Crippen MR) is 82.8 cm³/mol. The van der Waals surface area contributed by atoms with Crippen molar-refractivity contribution >= 4 is 0 Å². The van der Waals surface area contributed by atoms with Gasteiger partial charge in [-0.1, -0.05) is 38.1 Å². The Morgan fingerprint density at radius 3 is 2.50 bits per heavy atom. The van der Waals surface area contributed by atoms with E-state index in [-0.39, 0.29) is 0 Å². The highest BCUT2D eigenvalue weighted by Crippen LogP contribution is 2.22. The number of hydrogen-bond acceptors (Lipinski definition) is 2. The summed E-state index contributed by atoms with van der Waals surface area (Å²) in [5.41, 5.74) is 2.54. The minimum absolute atomic E-state index is 0.317. The van der Waals surface area contributed by atoms with E-state index in [9.17, 15) is 13.2 Å². The van der Waals surface area contributed by atoms with Crippen LogP contribution in [0.15, 0.2) is 24.3 Å². The molecule has 0 amide bonds. The zero-order valence-corrected chi connectivity index (χ0v) is 13.3. The van der Waals surface area contributed by atoms with Crippen LogP contribution < -0.4 is 5.32 Å². The molecule has 124 valence electrons. The quantitative estimate of drug-likeness (QED) is 0.859. The molecule has 0 aromatic heterocycles. The number of nitrogens with one attached hydrogen (secondary N) is 1. The Labute approximate surface area is 130 Å². The monoisotopic (exact) mass is 314 g/mol. The van der Waals surface area contributed by atoms with Crippen LogP contribution in [-0.4, -0.2) is 37.3 Å². The summed E-state index contributed by atoms with van der Waals surface area (Å²) < 4.78 is 37.0. The second kappa shape index (κ2) is 7.47. The number of halogens is 3. The van der Waals surface area contributed by atoms with Crippen molar-refractivity contribution in [3.05, 3.63) is 35.4 Å². The van der Waals surface area contributed by atoms with Gasteiger partial charge in [-0.2, -0.15) is 13.2 Å². The summed E-state index contributed by atoms with van der Waals surface area (Å²) >= 11 is 0. The zero-order valence-electron chi connectivity index (χ0n) is 13.3. The van der Waals surface area contributed by atoms with Crippen molar-refractivity contribution in [2.75, 3.05) is 26.2 Å². The second-order valence-electron chi connectivity index (χ2n) is 6.53. The molecule has 1 atom stereocenters. The van der Waals surface area contributed by atoms with Crippen LogP contribution in [0.4, 0.5) is 13.2 Å². The van der Waals surface area contributed by atoms with Crippen molar-refractivity contribution in [3.63, 3.8) is 0 Å². The van der Waals surface area contributed by atoms with Gasteiger partial charge in [-0.05, 0) is 42.5 Å². The number of likely N-dealkylation sites (tertiary alicyclic amines) is 1. The predicted octanol–water partition coefficient (Wildman–Crippen LogP) is 3.78. The first-order chi connectivity index (χ1) is 10.3. The Balaban J connectivity index is 1.69. The Bertz CT molecular complexity index is 454. The first-order valence-corrected chi connectivity index (χ1v) is 7.92. The lowest BCUT2D eigenvalue weighted by Gasteiger charge is -2.18. The minimum atomic E-state index is -4.08. The Morgan fingerprint density at radius 1 is 1.23 bits per heavy atom. The molecule has 1 aromatic rings. The van der Waals surface area contributed by atoms with Gasteiger partial charge in [-0.15, -0.1) is 0 Å². The summed E-state index contributed by atoms with van der Waals surface area (Å²) in [4.78, 5) is 1.50. The van der Waals surface area contributed by atoms with E-state index in [1.165, 1.54) is 16.0 Å². The number of nitrogens with zero attached hydrogens (tertiary/aromatic N) is 1. The molecule has 1 N–H and O–H groups in total. The molecule has 0 saturated carbocycles. The van der Waals surface area contributed by atoms with Crippen LogP contribution in [0.2, 0.25) is 0 Å². The Hall–Kier alpha value is -1.07. The van der Waals surface area contributed by atoms with Gasteiger partial charge in [0.1, 0.15) is 0 Å². The minimum Gasteiger partial charge on any atom is -0.312 e. The molecule has 1 aliphatic rings. The molecule has 0 aliphatic carbocycles. The summed E-state index contributed by atoms with van der Waals surface area (Å²) in [6.07, 6.45) is -3.24. The van der Waals surface area contributed by atoms with E-state index in [1.54, 1.807) is 0 Å². The third-order valence-electron chi connectivity index (χ3n) is 4.18. The van der Waals surface area contributed by atoms with Gasteiger partial charge >= 0.3 is 6.18 Å². The summed E-state index contributed by atoms with van der Waals surface area (Å²) in [5.74, 6) is 0.845. The van der Waals surface area contributed by atoms with E-state index in [0.717, 1.165) is 19.5 Å². The van der Waals surface area contributed by atoms with E-state index in [0.29, 0.717) is 24.9 Å². The van der Waals surface area contributed by atoms with Crippen molar-refractivity contribution in [1.29, 1.82) is 0 Å². The fraction of sp³-hybridized carbons (Fsp3) is 0.647. The highest BCUT2D eigenvalue weighted by atomic mass is 19.4. The van der Waals surface area contributed by atoms with Gasteiger partial charge < -0.3 is 5.32 Å². The number of alkyl halides is 3. The normalized spacial score (nSPS) is 20.0. The Kier molecular flexibility index (Phi) is 5.87. The second-order valence-corrected chi connectivity index (χ2v) is 6.53. The van der Waals surface area contributed by atoms with Crippen LogP contribution in [-0.2, 0) is 6.54 Å². The van der Waals surface area contributed by atoms with Gasteiger partial charge in [0.2, 0.25) is 0 Å². The molecule has 0 radical (unpaired) electrons. The van der Waals surface area contributed by atoms with Crippen LogP contribution >= 0.6 is 0 Å². The SMILES string of the molecule is CC(C)c1ccc(CNCC2CCN(CC(F)(F)F)C2)cc1. The van der Waals surface area contributed by atoms with Crippen LogP contribution in [0, 0.1) is 5.92 Å². The molecule has 1 saturated heterocycles. The molecule has 1 unspecified atom stereocenters. The van der Waals surface area contributed by atoms with E-state index in [1.807, 2.05) is 0 Å². The van der Waals surface area contributed by atoms with Crippen molar-refractivity contribution in [2.45, 2.75) is 38.9 Å². The number of hydrogen-bond donors (Lipinski definition) is 1. The summed E-state index contributed by atoms with van der Waals surface area (Å²) in [6.45, 7) is 6.20. The molecule has 5 heteroatoms. The van der Waals surface area contributed by atoms with E-state index in [4.69, 9.17) is 0 Å². The maximum atomic E-state index is 12.3. The van der Waals surface area contributed by atoms with E-state index in [2.05, 4.69) is 43.4 Å². The summed E-state index contributed by atoms with van der Waals surface area (Å²) in [7, 11) is 0. The van der Waals surface area contributed by atoms with Crippen molar-refractivity contribution in [2.24, 2.45) is 5.92 Å². The fourth-order valence-electron chi connectivity index (χ4n) is 2.92. The highest BCUT2D eigenvalue weighted by molar-refractivity contribution is 5.24. The van der Waals surface area contributed by atoms with Crippen LogP contribution in [0.5, 0.6) is 0 Å². The summed E-state index contributed by atoms with van der Waals surface area (Å²) in [5, 5.41) is 3.37. The van der Waals surface area contributed by atoms with Crippen molar-refractivity contribution in [3.8, 4) is 0 Å². The molecule has 22 heavy (non-hydrogen) atoms. The average molecular weight is 314 g/mol. The standard InChI is InChI=1S/C17H25F3N2/c1-13(2)16-5-3-14(4-6-16)9-21-10-15-7-8-22(11-15)12-17(18,19)20/h3-6,13,15,21H,7-12H2,1-2H3. The maximum Gasteiger partial charge on any atom is 0.401 e. The first-order valence-electron chi connectivity index (χ1n) is 7.92. The molecule has 1 aliphatic heterocycles. The molecular weight excluding hydrogens is 289 g/mol. The zero-order chi connectivity index (χ0) is 16.2. The number of rotatable bonds is 6. The molecule has 0 spiro atoms. The lowest BCUT2D eigenvalue weighted by atomic mass is 10.0. The molecule has 2 rings (SSSR count). The third kappa shape index (κ3) is 5.61. The highest BCUT2D eigenvalue weighted by Gasteiger charge is 2.34. The Morgan fingerprint density at radius 2 is 1.91 bits per heavy atom. The lowest BCUT2D eigenvalue weighted by Crippen LogP contribution is -2.33. The van der Waals surface area contributed by atoms with Crippen molar-refractivity contribution < 1.29 is 13.2 Å². The molecule has 1 fully saturated rings. The van der Waals surface area contributed by atoms with Gasteiger partial charge in [-0.25, -0.2) is 0 Å². The van der Waals surface area contributed by atoms with Crippen LogP contribution in [0.25, 0.3) is 0 Å². The van der Waals surface area contributed by atoms with Gasteiger partial charge in [0.25, 0.3) is 0 Å².